The smallest absolute Gasteiger partial charge is 0.224 e. The van der Waals surface area contributed by atoms with Gasteiger partial charge in [-0.05, 0) is 49.1 Å². The zero-order valence-corrected chi connectivity index (χ0v) is 17.3. The Balaban J connectivity index is 1.37. The molecule has 1 unspecified atom stereocenters. The van der Waals surface area contributed by atoms with Crippen molar-refractivity contribution in [3.8, 4) is 5.75 Å². The predicted octanol–water partition coefficient (Wildman–Crippen LogP) is 2.47. The third kappa shape index (κ3) is 7.52. The number of amides is 2. The summed E-state index contributed by atoms with van der Waals surface area (Å²) >= 11 is 0. The summed E-state index contributed by atoms with van der Waals surface area (Å²) in [5.41, 5.74) is 7.41. The summed E-state index contributed by atoms with van der Waals surface area (Å²) in [7, 11) is 0. The molecule has 1 aliphatic rings. The molecule has 0 spiro atoms. The molecule has 1 aliphatic heterocycles. The number of likely N-dealkylation sites (tertiary alicyclic amines) is 1. The number of hydrogen-bond donors (Lipinski definition) is 2. The molecular weight excluding hydrogens is 378 g/mol. The quantitative estimate of drug-likeness (QED) is 0.633. The first-order chi connectivity index (χ1) is 14.6. The van der Waals surface area contributed by atoms with Crippen molar-refractivity contribution in [3.05, 3.63) is 72.1 Å². The lowest BCUT2D eigenvalue weighted by atomic mass is 10.0. The van der Waals surface area contributed by atoms with E-state index in [1.807, 2.05) is 54.6 Å². The fraction of sp³-hybridized carbons (Fsp3) is 0.375. The van der Waals surface area contributed by atoms with Crippen LogP contribution in [0.15, 0.2) is 54.6 Å². The van der Waals surface area contributed by atoms with Gasteiger partial charge in [-0.25, -0.2) is 0 Å². The highest BCUT2D eigenvalue weighted by Crippen LogP contribution is 2.15. The Hall–Kier alpha value is -2.86. The van der Waals surface area contributed by atoms with E-state index in [1.54, 1.807) is 6.42 Å². The van der Waals surface area contributed by atoms with Crippen LogP contribution in [0, 0.1) is 6.42 Å². The zero-order valence-electron chi connectivity index (χ0n) is 17.3. The van der Waals surface area contributed by atoms with Crippen LogP contribution in [0.5, 0.6) is 5.75 Å². The summed E-state index contributed by atoms with van der Waals surface area (Å²) < 4.78 is 5.79. The van der Waals surface area contributed by atoms with Crippen molar-refractivity contribution in [2.24, 2.45) is 5.73 Å². The normalized spacial score (nSPS) is 16.7. The molecule has 0 saturated carbocycles. The average Bonchev–Trinajstić information content (AvgIpc) is 2.76. The molecule has 0 aromatic heterocycles. The highest BCUT2D eigenvalue weighted by atomic mass is 16.5. The van der Waals surface area contributed by atoms with Crippen LogP contribution in [0.25, 0.3) is 0 Å². The van der Waals surface area contributed by atoms with Crippen LogP contribution in [0.2, 0.25) is 0 Å². The molecule has 1 radical (unpaired) electrons. The molecule has 1 fully saturated rings. The van der Waals surface area contributed by atoms with Crippen LogP contribution in [-0.4, -0.2) is 42.4 Å². The van der Waals surface area contributed by atoms with Crippen molar-refractivity contribution in [3.63, 3.8) is 0 Å². The molecule has 6 nitrogen and oxygen atoms in total. The summed E-state index contributed by atoms with van der Waals surface area (Å²) in [5, 5.41) is 3.08. The number of nitrogens with two attached hydrogens (primary N) is 1. The second-order valence-corrected chi connectivity index (χ2v) is 7.69. The number of carbonyl (C=O) groups excluding carboxylic acids is 2. The molecule has 0 aliphatic carbocycles. The van der Waals surface area contributed by atoms with Gasteiger partial charge in [0, 0.05) is 25.6 Å². The highest BCUT2D eigenvalue weighted by molar-refractivity contribution is 5.85. The highest BCUT2D eigenvalue weighted by Gasteiger charge is 2.21. The number of primary amides is 1. The number of benzene rings is 2. The van der Waals surface area contributed by atoms with E-state index in [0.717, 1.165) is 42.8 Å². The van der Waals surface area contributed by atoms with Crippen LogP contribution in [0.4, 0.5) is 0 Å². The Morgan fingerprint density at radius 1 is 1.10 bits per heavy atom. The number of ether oxygens (including phenoxy) is 1. The standard InChI is InChI=1S/C24H30N3O3/c25-23(28)14-16-27-15-4-7-21(17-27)26-24(29)13-10-19-8-11-22(12-9-19)30-18-20-5-2-1-3-6-20/h1-3,5-6,8-9,11-13,21H,4,7,10,14-18H2,(H2,25,28)(H,26,29). The Labute approximate surface area is 178 Å². The van der Waals surface area contributed by atoms with Crippen molar-refractivity contribution in [2.75, 3.05) is 19.6 Å². The Bertz CT molecular complexity index is 808. The Morgan fingerprint density at radius 2 is 1.87 bits per heavy atom. The number of nitrogens with one attached hydrogen (secondary N) is 1. The minimum Gasteiger partial charge on any atom is -0.489 e. The molecule has 3 N–H and O–H groups in total. The van der Waals surface area contributed by atoms with Gasteiger partial charge in [-0.1, -0.05) is 42.5 Å². The van der Waals surface area contributed by atoms with Crippen molar-refractivity contribution in [2.45, 2.75) is 38.3 Å². The van der Waals surface area contributed by atoms with Crippen LogP contribution in [-0.2, 0) is 22.6 Å². The van der Waals surface area contributed by atoms with E-state index in [1.165, 1.54) is 0 Å². The largest absolute Gasteiger partial charge is 0.489 e. The molecule has 6 heteroatoms. The summed E-state index contributed by atoms with van der Waals surface area (Å²) in [6.45, 7) is 2.90. The van der Waals surface area contributed by atoms with Crippen molar-refractivity contribution >= 4 is 11.8 Å². The van der Waals surface area contributed by atoms with Crippen LogP contribution in [0.1, 0.15) is 30.4 Å². The van der Waals surface area contributed by atoms with Gasteiger partial charge >= 0.3 is 0 Å². The van der Waals surface area contributed by atoms with E-state index < -0.39 is 0 Å². The van der Waals surface area contributed by atoms with Gasteiger partial charge in [0.2, 0.25) is 11.8 Å². The lowest BCUT2D eigenvalue weighted by Crippen LogP contribution is -2.48. The third-order valence-electron chi connectivity index (χ3n) is 5.22. The van der Waals surface area contributed by atoms with E-state index in [-0.39, 0.29) is 17.9 Å². The summed E-state index contributed by atoms with van der Waals surface area (Å²) in [5.74, 6) is 0.470. The molecule has 1 heterocycles. The first-order valence-corrected chi connectivity index (χ1v) is 10.5. The van der Waals surface area contributed by atoms with Crippen molar-refractivity contribution in [1.29, 1.82) is 0 Å². The first kappa shape index (κ1) is 21.8. The summed E-state index contributed by atoms with van der Waals surface area (Å²) in [6, 6.07) is 18.0. The molecule has 1 saturated heterocycles. The van der Waals surface area contributed by atoms with E-state index >= 15 is 0 Å². The molecule has 1 atom stereocenters. The number of nitrogens with zero attached hydrogens (tertiary/aromatic N) is 1. The SMILES string of the molecule is NC(=O)CCN1CCCC(NC(=O)[CH]Cc2ccc(OCc3ccccc3)cc2)C1. The predicted molar refractivity (Wildman–Crippen MR) is 117 cm³/mol. The summed E-state index contributed by atoms with van der Waals surface area (Å²) in [4.78, 5) is 25.4. The van der Waals surface area contributed by atoms with E-state index in [4.69, 9.17) is 10.5 Å². The zero-order chi connectivity index (χ0) is 21.2. The van der Waals surface area contributed by atoms with E-state index in [2.05, 4.69) is 10.2 Å². The van der Waals surface area contributed by atoms with Crippen molar-refractivity contribution < 1.29 is 14.3 Å². The molecule has 3 rings (SSSR count). The van der Waals surface area contributed by atoms with Gasteiger partial charge in [0.1, 0.15) is 12.4 Å². The van der Waals surface area contributed by atoms with Gasteiger partial charge < -0.3 is 20.7 Å². The number of carbonyl (C=O) groups is 2. The third-order valence-corrected chi connectivity index (χ3v) is 5.22. The lowest BCUT2D eigenvalue weighted by molar-refractivity contribution is -0.120. The van der Waals surface area contributed by atoms with Crippen LogP contribution < -0.4 is 15.8 Å². The monoisotopic (exact) mass is 408 g/mol. The van der Waals surface area contributed by atoms with Gasteiger partial charge in [-0.3, -0.25) is 9.59 Å². The average molecular weight is 409 g/mol. The minimum atomic E-state index is -0.286. The fourth-order valence-electron chi connectivity index (χ4n) is 3.58. The van der Waals surface area contributed by atoms with E-state index in [0.29, 0.717) is 26.0 Å². The van der Waals surface area contributed by atoms with Gasteiger partial charge in [0.25, 0.3) is 0 Å². The van der Waals surface area contributed by atoms with Gasteiger partial charge in [0.15, 0.2) is 0 Å². The molecule has 2 aromatic carbocycles. The maximum absolute atomic E-state index is 12.3. The van der Waals surface area contributed by atoms with Gasteiger partial charge in [0.05, 0.1) is 6.42 Å². The maximum Gasteiger partial charge on any atom is 0.224 e. The van der Waals surface area contributed by atoms with Gasteiger partial charge in [-0.15, -0.1) is 0 Å². The van der Waals surface area contributed by atoms with Crippen LogP contribution >= 0.6 is 0 Å². The topological polar surface area (TPSA) is 84.7 Å². The fourth-order valence-corrected chi connectivity index (χ4v) is 3.58. The Morgan fingerprint density at radius 3 is 2.60 bits per heavy atom. The van der Waals surface area contributed by atoms with Crippen LogP contribution in [0.3, 0.4) is 0 Å². The minimum absolute atomic E-state index is 0.0545. The van der Waals surface area contributed by atoms with Crippen molar-refractivity contribution in [1.82, 2.24) is 10.2 Å². The molecular formula is C24H30N3O3. The summed E-state index contributed by atoms with van der Waals surface area (Å²) in [6.07, 6.45) is 4.58. The second-order valence-electron chi connectivity index (χ2n) is 7.69. The molecule has 2 amide bonds. The molecule has 0 bridgehead atoms. The number of rotatable bonds is 10. The second kappa shape index (κ2) is 11.4. The Kier molecular flexibility index (Phi) is 8.27. The number of hydrogen-bond acceptors (Lipinski definition) is 4. The molecule has 159 valence electrons. The lowest BCUT2D eigenvalue weighted by Gasteiger charge is -2.32. The van der Waals surface area contributed by atoms with Gasteiger partial charge in [-0.2, -0.15) is 0 Å². The maximum atomic E-state index is 12.3. The number of piperidine rings is 1. The molecule has 30 heavy (non-hydrogen) atoms. The molecule has 2 aromatic rings. The first-order valence-electron chi connectivity index (χ1n) is 10.5. The van der Waals surface area contributed by atoms with E-state index in [9.17, 15) is 9.59 Å².